The number of halogens is 1. The number of fused-ring (bicyclic) bond motifs is 1. The molecule has 3 aromatic rings. The highest BCUT2D eigenvalue weighted by atomic mass is 79.9. The van der Waals surface area contributed by atoms with E-state index < -0.39 is 0 Å². The molecule has 0 amide bonds. The monoisotopic (exact) mass is 383 g/mol. The summed E-state index contributed by atoms with van der Waals surface area (Å²) in [6.07, 6.45) is 1.64. The van der Waals surface area contributed by atoms with Gasteiger partial charge in [-0.15, -0.1) is 0 Å². The molecule has 0 radical (unpaired) electrons. The van der Waals surface area contributed by atoms with E-state index in [1.165, 1.54) is 5.56 Å². The Kier molecular flexibility index (Phi) is 4.56. The first kappa shape index (κ1) is 15.7. The summed E-state index contributed by atoms with van der Waals surface area (Å²) in [5.74, 6) is 0. The van der Waals surface area contributed by atoms with Crippen LogP contribution in [0.3, 0.4) is 0 Å². The molecule has 24 heavy (non-hydrogen) atoms. The number of morpholine rings is 1. The zero-order valence-electron chi connectivity index (χ0n) is 13.3. The fraction of sp³-hybridized carbons (Fsp3) is 0.263. The zero-order chi connectivity index (χ0) is 16.4. The molecule has 4 rings (SSSR count). The van der Waals surface area contributed by atoms with Crippen molar-refractivity contribution < 1.29 is 4.74 Å². The van der Waals surface area contributed by atoms with E-state index in [1.807, 2.05) is 12.1 Å². The number of nitrogens with zero attached hydrogens (tertiary/aromatic N) is 3. The maximum Gasteiger partial charge on any atom is 0.116 e. The van der Waals surface area contributed by atoms with Crippen LogP contribution < -0.4 is 0 Å². The summed E-state index contributed by atoms with van der Waals surface area (Å²) < 4.78 is 6.46. The van der Waals surface area contributed by atoms with Crippen molar-refractivity contribution in [2.75, 3.05) is 26.3 Å². The van der Waals surface area contributed by atoms with Crippen LogP contribution in [-0.2, 0) is 11.3 Å². The molecule has 0 bridgehead atoms. The fourth-order valence-electron chi connectivity index (χ4n) is 3.09. The van der Waals surface area contributed by atoms with Gasteiger partial charge in [-0.25, -0.2) is 9.97 Å². The molecule has 122 valence electrons. The van der Waals surface area contributed by atoms with Crippen LogP contribution in [0.25, 0.3) is 22.2 Å². The summed E-state index contributed by atoms with van der Waals surface area (Å²) in [7, 11) is 0. The zero-order valence-corrected chi connectivity index (χ0v) is 14.9. The van der Waals surface area contributed by atoms with Crippen LogP contribution in [0.5, 0.6) is 0 Å². The average molecular weight is 384 g/mol. The van der Waals surface area contributed by atoms with Gasteiger partial charge in [-0.3, -0.25) is 4.90 Å². The van der Waals surface area contributed by atoms with Crippen molar-refractivity contribution in [1.29, 1.82) is 0 Å². The van der Waals surface area contributed by atoms with Crippen LogP contribution >= 0.6 is 15.9 Å². The molecule has 1 fully saturated rings. The maximum absolute atomic E-state index is 5.43. The molecule has 0 unspecified atom stereocenters. The van der Waals surface area contributed by atoms with Gasteiger partial charge in [0.2, 0.25) is 0 Å². The molecule has 0 spiro atoms. The Bertz CT molecular complexity index is 862. The Labute approximate surface area is 149 Å². The minimum Gasteiger partial charge on any atom is -0.379 e. The Morgan fingerprint density at radius 3 is 2.79 bits per heavy atom. The van der Waals surface area contributed by atoms with Crippen LogP contribution in [0.2, 0.25) is 0 Å². The van der Waals surface area contributed by atoms with Gasteiger partial charge < -0.3 is 4.74 Å². The highest BCUT2D eigenvalue weighted by molar-refractivity contribution is 9.10. The van der Waals surface area contributed by atoms with Gasteiger partial charge in [0.25, 0.3) is 0 Å². The van der Waals surface area contributed by atoms with E-state index in [4.69, 9.17) is 4.74 Å². The third-order valence-corrected chi connectivity index (χ3v) is 4.80. The Hall–Kier alpha value is -1.82. The van der Waals surface area contributed by atoms with Crippen molar-refractivity contribution in [1.82, 2.24) is 14.9 Å². The lowest BCUT2D eigenvalue weighted by Crippen LogP contribution is -2.35. The van der Waals surface area contributed by atoms with Gasteiger partial charge >= 0.3 is 0 Å². The summed E-state index contributed by atoms with van der Waals surface area (Å²) >= 11 is 3.55. The van der Waals surface area contributed by atoms with Crippen LogP contribution in [0.1, 0.15) is 5.56 Å². The predicted octanol–water partition coefficient (Wildman–Crippen LogP) is 3.89. The normalized spacial score (nSPS) is 15.7. The summed E-state index contributed by atoms with van der Waals surface area (Å²) in [5.41, 5.74) is 4.37. The van der Waals surface area contributed by atoms with Crippen molar-refractivity contribution in [3.8, 4) is 11.3 Å². The second kappa shape index (κ2) is 6.97. The van der Waals surface area contributed by atoms with Gasteiger partial charge in [-0.05, 0) is 29.8 Å². The van der Waals surface area contributed by atoms with Gasteiger partial charge in [0.05, 0.1) is 24.4 Å². The summed E-state index contributed by atoms with van der Waals surface area (Å²) in [6, 6.07) is 14.7. The van der Waals surface area contributed by atoms with Crippen molar-refractivity contribution in [2.45, 2.75) is 6.54 Å². The highest BCUT2D eigenvalue weighted by Crippen LogP contribution is 2.28. The Morgan fingerprint density at radius 1 is 1.04 bits per heavy atom. The van der Waals surface area contributed by atoms with E-state index in [0.717, 1.165) is 59.5 Å². The smallest absolute Gasteiger partial charge is 0.116 e. The van der Waals surface area contributed by atoms with Gasteiger partial charge in [-0.2, -0.15) is 0 Å². The number of hydrogen-bond acceptors (Lipinski definition) is 4. The molecule has 0 aliphatic carbocycles. The first-order valence-electron chi connectivity index (χ1n) is 8.09. The Balaban J connectivity index is 1.69. The van der Waals surface area contributed by atoms with Crippen molar-refractivity contribution in [3.63, 3.8) is 0 Å². The molecule has 1 aromatic heterocycles. The largest absolute Gasteiger partial charge is 0.379 e. The summed E-state index contributed by atoms with van der Waals surface area (Å²) in [5, 5.41) is 1.07. The molecule has 2 aromatic carbocycles. The lowest BCUT2D eigenvalue weighted by molar-refractivity contribution is 0.0342. The van der Waals surface area contributed by atoms with E-state index in [9.17, 15) is 0 Å². The van der Waals surface area contributed by atoms with Gasteiger partial charge in [0.1, 0.15) is 6.33 Å². The van der Waals surface area contributed by atoms with Crippen molar-refractivity contribution in [2.24, 2.45) is 0 Å². The molecule has 0 saturated carbocycles. The predicted molar refractivity (Wildman–Crippen MR) is 98.8 cm³/mol. The van der Waals surface area contributed by atoms with E-state index in [2.05, 4.69) is 61.1 Å². The van der Waals surface area contributed by atoms with Gasteiger partial charge in [0, 0.05) is 35.1 Å². The maximum atomic E-state index is 5.43. The number of ether oxygens (including phenoxy) is 1. The van der Waals surface area contributed by atoms with E-state index >= 15 is 0 Å². The molecular weight excluding hydrogens is 366 g/mol. The molecule has 1 aliphatic heterocycles. The molecule has 0 N–H and O–H groups in total. The standard InChI is InChI=1S/C19H18BrN3O/c20-16-4-5-18-17(11-16)19(22-13-21-18)15-3-1-2-14(10-15)12-23-6-8-24-9-7-23/h1-5,10-11,13H,6-9,12H2. The minimum absolute atomic E-state index is 0.824. The first-order valence-corrected chi connectivity index (χ1v) is 8.88. The van der Waals surface area contributed by atoms with Crippen LogP contribution in [0.15, 0.2) is 53.3 Å². The molecule has 1 aliphatic rings. The first-order chi connectivity index (χ1) is 11.8. The molecule has 0 atom stereocenters. The average Bonchev–Trinajstić information content (AvgIpc) is 2.62. The van der Waals surface area contributed by atoms with Crippen molar-refractivity contribution >= 4 is 26.8 Å². The third-order valence-electron chi connectivity index (χ3n) is 4.31. The molecule has 5 heteroatoms. The topological polar surface area (TPSA) is 38.2 Å². The molecular formula is C19H18BrN3O. The number of aromatic nitrogens is 2. The highest BCUT2D eigenvalue weighted by Gasteiger charge is 2.12. The lowest BCUT2D eigenvalue weighted by atomic mass is 10.0. The second-order valence-corrected chi connectivity index (χ2v) is 6.89. The molecule has 4 nitrogen and oxygen atoms in total. The number of rotatable bonds is 3. The SMILES string of the molecule is Brc1ccc2ncnc(-c3cccc(CN4CCOCC4)c3)c2c1. The van der Waals surface area contributed by atoms with E-state index in [0.29, 0.717) is 0 Å². The third kappa shape index (κ3) is 3.34. The van der Waals surface area contributed by atoms with Crippen LogP contribution in [0, 0.1) is 0 Å². The summed E-state index contributed by atoms with van der Waals surface area (Å²) in [4.78, 5) is 11.3. The van der Waals surface area contributed by atoms with Crippen molar-refractivity contribution in [3.05, 3.63) is 58.8 Å². The van der Waals surface area contributed by atoms with E-state index in [1.54, 1.807) is 6.33 Å². The minimum atomic E-state index is 0.824. The molecule has 2 heterocycles. The van der Waals surface area contributed by atoms with Crippen LogP contribution in [-0.4, -0.2) is 41.2 Å². The van der Waals surface area contributed by atoms with Gasteiger partial charge in [0.15, 0.2) is 0 Å². The van der Waals surface area contributed by atoms with Crippen LogP contribution in [0.4, 0.5) is 0 Å². The quantitative estimate of drug-likeness (QED) is 0.687. The second-order valence-electron chi connectivity index (χ2n) is 5.97. The number of benzene rings is 2. The molecule has 1 saturated heterocycles. The number of hydrogen-bond donors (Lipinski definition) is 0. The fourth-order valence-corrected chi connectivity index (χ4v) is 3.45. The lowest BCUT2D eigenvalue weighted by Gasteiger charge is -2.26. The summed E-state index contributed by atoms with van der Waals surface area (Å²) in [6.45, 7) is 4.58. The Morgan fingerprint density at radius 2 is 1.92 bits per heavy atom. The van der Waals surface area contributed by atoms with E-state index in [-0.39, 0.29) is 0 Å². The van der Waals surface area contributed by atoms with Gasteiger partial charge in [-0.1, -0.05) is 34.1 Å².